The third kappa shape index (κ3) is 3.00. The molecular formula is C10H14N4O. The molecule has 1 aliphatic rings. The molecule has 0 aromatic carbocycles. The van der Waals surface area contributed by atoms with Gasteiger partial charge in [0, 0.05) is 30.9 Å². The maximum absolute atomic E-state index is 5.01. The Morgan fingerprint density at radius 1 is 1.27 bits per heavy atom. The first-order valence-corrected chi connectivity index (χ1v) is 4.98. The Kier molecular flexibility index (Phi) is 3.64. The van der Waals surface area contributed by atoms with Gasteiger partial charge in [-0.3, -0.25) is 0 Å². The number of hydrogen-bond donors (Lipinski definition) is 2. The Labute approximate surface area is 87.9 Å². The summed E-state index contributed by atoms with van der Waals surface area (Å²) in [7, 11) is 0. The molecule has 2 aromatic rings. The largest absolute Gasteiger partial charge is 0.379 e. The number of morpholine rings is 1. The van der Waals surface area contributed by atoms with Crippen LogP contribution < -0.4 is 5.32 Å². The van der Waals surface area contributed by atoms with Crippen molar-refractivity contribution in [3.63, 3.8) is 0 Å². The average Bonchev–Trinajstić information content (AvgIpc) is 2.80. The van der Waals surface area contributed by atoms with E-state index in [2.05, 4.69) is 20.3 Å². The predicted octanol–water partition coefficient (Wildman–Crippen LogP) is 0.564. The van der Waals surface area contributed by atoms with Crippen molar-refractivity contribution in [2.24, 2.45) is 0 Å². The average molecular weight is 206 g/mol. The van der Waals surface area contributed by atoms with E-state index < -0.39 is 0 Å². The number of H-pyrrole nitrogens is 1. The predicted molar refractivity (Wildman–Crippen MR) is 57.6 cm³/mol. The Morgan fingerprint density at radius 3 is 2.73 bits per heavy atom. The van der Waals surface area contributed by atoms with Gasteiger partial charge in [0.2, 0.25) is 0 Å². The van der Waals surface area contributed by atoms with Crippen molar-refractivity contribution in [2.45, 2.75) is 0 Å². The molecule has 1 aliphatic heterocycles. The molecule has 1 saturated heterocycles. The van der Waals surface area contributed by atoms with Crippen molar-refractivity contribution in [3.8, 4) is 0 Å². The van der Waals surface area contributed by atoms with E-state index in [9.17, 15) is 0 Å². The number of aromatic nitrogens is 3. The normalized spacial score (nSPS) is 15.7. The lowest BCUT2D eigenvalue weighted by atomic mass is 10.4. The van der Waals surface area contributed by atoms with Gasteiger partial charge in [-0.2, -0.15) is 0 Å². The van der Waals surface area contributed by atoms with Gasteiger partial charge in [0.1, 0.15) is 12.0 Å². The highest BCUT2D eigenvalue weighted by Gasteiger charge is 1.93. The summed E-state index contributed by atoms with van der Waals surface area (Å²) in [6, 6.07) is 1.94. The van der Waals surface area contributed by atoms with Crippen molar-refractivity contribution in [1.29, 1.82) is 0 Å². The SMILES string of the molecule is C1COCCN1.c1ncc2cc[nH]c2n1. The number of ether oxygens (including phenoxy) is 1. The first-order valence-electron chi connectivity index (χ1n) is 4.98. The summed E-state index contributed by atoms with van der Waals surface area (Å²) in [6.45, 7) is 3.83. The van der Waals surface area contributed by atoms with Crippen LogP contribution in [0.3, 0.4) is 0 Å². The number of hydrogen-bond acceptors (Lipinski definition) is 4. The van der Waals surface area contributed by atoms with Crippen molar-refractivity contribution >= 4 is 11.0 Å². The third-order valence-corrected chi connectivity index (χ3v) is 2.07. The van der Waals surface area contributed by atoms with Gasteiger partial charge in [0.15, 0.2) is 0 Å². The molecule has 80 valence electrons. The van der Waals surface area contributed by atoms with E-state index in [-0.39, 0.29) is 0 Å². The van der Waals surface area contributed by atoms with Crippen molar-refractivity contribution in [3.05, 3.63) is 24.8 Å². The molecule has 3 heterocycles. The van der Waals surface area contributed by atoms with Gasteiger partial charge in [-0.05, 0) is 6.07 Å². The lowest BCUT2D eigenvalue weighted by molar-refractivity contribution is 0.109. The number of nitrogens with zero attached hydrogens (tertiary/aromatic N) is 2. The molecule has 3 rings (SSSR count). The number of fused-ring (bicyclic) bond motifs is 1. The topological polar surface area (TPSA) is 62.8 Å². The fourth-order valence-electron chi connectivity index (χ4n) is 1.31. The minimum Gasteiger partial charge on any atom is -0.379 e. The summed E-state index contributed by atoms with van der Waals surface area (Å²) in [5, 5.41) is 4.21. The maximum atomic E-state index is 5.01. The molecule has 0 spiro atoms. The van der Waals surface area contributed by atoms with Gasteiger partial charge in [0.05, 0.1) is 13.2 Å². The van der Waals surface area contributed by atoms with Crippen LogP contribution >= 0.6 is 0 Å². The Morgan fingerprint density at radius 2 is 2.13 bits per heavy atom. The second-order valence-corrected chi connectivity index (χ2v) is 3.17. The van der Waals surface area contributed by atoms with Gasteiger partial charge < -0.3 is 15.0 Å². The van der Waals surface area contributed by atoms with Crippen LogP contribution in [-0.2, 0) is 4.74 Å². The molecule has 0 radical (unpaired) electrons. The van der Waals surface area contributed by atoms with Crippen LogP contribution in [0.2, 0.25) is 0 Å². The first kappa shape index (κ1) is 10.1. The van der Waals surface area contributed by atoms with Crippen LogP contribution in [0.4, 0.5) is 0 Å². The molecule has 0 unspecified atom stereocenters. The smallest absolute Gasteiger partial charge is 0.140 e. The molecule has 0 amide bonds. The zero-order valence-corrected chi connectivity index (χ0v) is 8.44. The zero-order chi connectivity index (χ0) is 10.3. The quantitative estimate of drug-likeness (QED) is 0.661. The summed E-state index contributed by atoms with van der Waals surface area (Å²) in [4.78, 5) is 10.8. The van der Waals surface area contributed by atoms with Gasteiger partial charge in [-0.15, -0.1) is 0 Å². The Bertz CT molecular complexity index is 355. The van der Waals surface area contributed by atoms with E-state index in [4.69, 9.17) is 4.74 Å². The van der Waals surface area contributed by atoms with Crippen LogP contribution in [0.15, 0.2) is 24.8 Å². The summed E-state index contributed by atoms with van der Waals surface area (Å²) >= 11 is 0. The third-order valence-electron chi connectivity index (χ3n) is 2.07. The summed E-state index contributed by atoms with van der Waals surface area (Å²) in [5.41, 5.74) is 0.894. The number of nitrogens with one attached hydrogen (secondary N) is 2. The minimum atomic E-state index is 0.889. The minimum absolute atomic E-state index is 0.889. The highest BCUT2D eigenvalue weighted by atomic mass is 16.5. The molecule has 5 nitrogen and oxygen atoms in total. The summed E-state index contributed by atoms with van der Waals surface area (Å²) in [5.74, 6) is 0. The van der Waals surface area contributed by atoms with Crippen LogP contribution in [0, 0.1) is 0 Å². The Hall–Kier alpha value is -1.46. The monoisotopic (exact) mass is 206 g/mol. The van der Waals surface area contributed by atoms with Crippen molar-refractivity contribution < 1.29 is 4.74 Å². The van der Waals surface area contributed by atoms with Crippen molar-refractivity contribution in [1.82, 2.24) is 20.3 Å². The highest BCUT2D eigenvalue weighted by molar-refractivity contribution is 5.73. The first-order chi connectivity index (χ1) is 7.47. The molecule has 0 atom stereocenters. The lowest BCUT2D eigenvalue weighted by Crippen LogP contribution is -2.30. The Balaban J connectivity index is 0.000000124. The van der Waals surface area contributed by atoms with Gasteiger partial charge >= 0.3 is 0 Å². The molecule has 0 bridgehead atoms. The van der Waals surface area contributed by atoms with Gasteiger partial charge in [0.25, 0.3) is 0 Å². The lowest BCUT2D eigenvalue weighted by Gasteiger charge is -2.10. The summed E-state index contributed by atoms with van der Waals surface area (Å²) < 4.78 is 5.01. The molecule has 2 aromatic heterocycles. The maximum Gasteiger partial charge on any atom is 0.140 e. The van der Waals surface area contributed by atoms with Gasteiger partial charge in [-0.25, -0.2) is 9.97 Å². The second-order valence-electron chi connectivity index (χ2n) is 3.17. The molecular weight excluding hydrogens is 192 g/mol. The molecule has 2 N–H and O–H groups in total. The second kappa shape index (κ2) is 5.43. The molecule has 1 fully saturated rings. The number of aromatic amines is 1. The molecule has 0 saturated carbocycles. The molecule has 0 aliphatic carbocycles. The fourth-order valence-corrected chi connectivity index (χ4v) is 1.31. The molecule has 15 heavy (non-hydrogen) atoms. The van der Waals surface area contributed by atoms with E-state index in [1.807, 2.05) is 12.3 Å². The fraction of sp³-hybridized carbons (Fsp3) is 0.400. The standard InChI is InChI=1S/C6H5N3.C4H9NO/c1-2-8-6-5(1)3-7-4-9-6;1-3-6-4-2-5-1/h1-4H,(H,7,8,9);5H,1-4H2. The number of rotatable bonds is 0. The van der Waals surface area contributed by atoms with Crippen LogP contribution in [0.1, 0.15) is 0 Å². The van der Waals surface area contributed by atoms with Crippen molar-refractivity contribution in [2.75, 3.05) is 26.3 Å². The van der Waals surface area contributed by atoms with Crippen LogP contribution in [0.25, 0.3) is 11.0 Å². The van der Waals surface area contributed by atoms with Crippen LogP contribution in [-0.4, -0.2) is 41.3 Å². The van der Waals surface area contributed by atoms with Gasteiger partial charge in [-0.1, -0.05) is 0 Å². The van der Waals surface area contributed by atoms with E-state index >= 15 is 0 Å². The zero-order valence-electron chi connectivity index (χ0n) is 8.44. The van der Waals surface area contributed by atoms with E-state index in [0.29, 0.717) is 0 Å². The van der Waals surface area contributed by atoms with E-state index in [0.717, 1.165) is 37.3 Å². The molecule has 5 heteroatoms. The van der Waals surface area contributed by atoms with E-state index in [1.165, 1.54) is 6.33 Å². The highest BCUT2D eigenvalue weighted by Crippen LogP contribution is 2.03. The summed E-state index contributed by atoms with van der Waals surface area (Å²) in [6.07, 6.45) is 5.15. The van der Waals surface area contributed by atoms with Crippen LogP contribution in [0.5, 0.6) is 0 Å². The van der Waals surface area contributed by atoms with E-state index in [1.54, 1.807) is 6.20 Å².